The summed E-state index contributed by atoms with van der Waals surface area (Å²) in [6.07, 6.45) is -4.55. The molecule has 0 aliphatic carbocycles. The molecule has 7 heteroatoms. The predicted molar refractivity (Wildman–Crippen MR) is 102 cm³/mol. The summed E-state index contributed by atoms with van der Waals surface area (Å²) in [4.78, 5) is 12.1. The van der Waals surface area contributed by atoms with Gasteiger partial charge in [0.1, 0.15) is 5.75 Å². The lowest BCUT2D eigenvalue weighted by Crippen LogP contribution is -2.43. The van der Waals surface area contributed by atoms with Crippen molar-refractivity contribution in [2.24, 2.45) is 11.3 Å². The van der Waals surface area contributed by atoms with Gasteiger partial charge >= 0.3 is 6.18 Å². The van der Waals surface area contributed by atoms with Crippen molar-refractivity contribution in [3.63, 3.8) is 0 Å². The largest absolute Gasteiger partial charge is 0.493 e. The van der Waals surface area contributed by atoms with Gasteiger partial charge in [0.05, 0.1) is 12.0 Å². The number of alkyl halides is 3. The third-order valence-corrected chi connectivity index (χ3v) is 4.81. The Hall–Kier alpha value is -2.28. The van der Waals surface area contributed by atoms with Crippen LogP contribution in [-0.2, 0) is 4.79 Å². The Morgan fingerprint density at radius 2 is 1.93 bits per heavy atom. The number of rotatable bonds is 5. The second-order valence-corrected chi connectivity index (χ2v) is 8.33. The van der Waals surface area contributed by atoms with Gasteiger partial charge in [0.25, 0.3) is 0 Å². The fraction of sp³-hybridized carbons (Fsp3) is 0.476. The smallest absolute Gasteiger partial charge is 0.409 e. The van der Waals surface area contributed by atoms with E-state index in [2.05, 4.69) is 5.43 Å². The van der Waals surface area contributed by atoms with E-state index >= 15 is 0 Å². The summed E-state index contributed by atoms with van der Waals surface area (Å²) in [5.41, 5.74) is 1.63. The van der Waals surface area contributed by atoms with Crippen molar-refractivity contribution in [3.05, 3.63) is 42.0 Å². The molecule has 1 aliphatic rings. The van der Waals surface area contributed by atoms with E-state index in [1.807, 2.05) is 13.8 Å². The zero-order valence-electron chi connectivity index (χ0n) is 16.4. The summed E-state index contributed by atoms with van der Waals surface area (Å²) in [5.74, 6) is 0.558. The van der Waals surface area contributed by atoms with E-state index in [4.69, 9.17) is 4.74 Å². The molecule has 1 unspecified atom stereocenters. The van der Waals surface area contributed by atoms with E-state index in [1.54, 1.807) is 44.2 Å². The van der Waals surface area contributed by atoms with Gasteiger partial charge in [0.15, 0.2) is 6.04 Å². The molecular formula is C21H25F3N2O2. The van der Waals surface area contributed by atoms with E-state index in [-0.39, 0.29) is 12.1 Å². The molecule has 0 aromatic heterocycles. The molecule has 1 saturated heterocycles. The van der Waals surface area contributed by atoms with E-state index < -0.39 is 23.5 Å². The molecule has 1 N–H and O–H groups in total. The Morgan fingerprint density at radius 3 is 2.50 bits per heavy atom. The fourth-order valence-corrected chi connectivity index (χ4v) is 3.37. The van der Waals surface area contributed by atoms with Crippen LogP contribution in [0.3, 0.4) is 0 Å². The Morgan fingerprint density at radius 1 is 1.21 bits per heavy atom. The third kappa shape index (κ3) is 4.09. The lowest BCUT2D eigenvalue weighted by Gasteiger charge is -2.30. The number of hydrazine groups is 1. The zero-order chi connectivity index (χ0) is 20.7. The predicted octanol–water partition coefficient (Wildman–Crippen LogP) is 4.85. The number of amides is 1. The van der Waals surface area contributed by atoms with Gasteiger partial charge in [-0.2, -0.15) is 13.2 Å². The van der Waals surface area contributed by atoms with Crippen molar-refractivity contribution in [3.8, 4) is 5.75 Å². The number of ether oxygens (including phenoxy) is 1. The van der Waals surface area contributed by atoms with Crippen molar-refractivity contribution in [2.75, 3.05) is 13.2 Å². The quantitative estimate of drug-likeness (QED) is 0.788. The Bertz CT molecular complexity index is 878. The molecule has 3 rings (SSSR count). The van der Waals surface area contributed by atoms with Crippen LogP contribution in [0, 0.1) is 11.3 Å². The fourth-order valence-electron chi connectivity index (χ4n) is 3.37. The SMILES string of the molecule is CC(C)COc1ccc2c(C(N3CC(C)(C)C(=O)N3)C(F)(F)F)cccc2c1. The first-order valence-electron chi connectivity index (χ1n) is 9.29. The normalized spacial score (nSPS) is 18.5. The number of nitrogens with zero attached hydrogens (tertiary/aromatic N) is 1. The van der Waals surface area contributed by atoms with Gasteiger partial charge in [-0.1, -0.05) is 38.1 Å². The standard InChI is InChI=1S/C21H25F3N2O2/c1-13(2)11-28-15-8-9-16-14(10-15)6-5-7-17(16)18(21(22,23)24)26-12-20(3,4)19(27)25-26/h5-10,13,18H,11-12H2,1-4H3,(H,25,27). The van der Waals surface area contributed by atoms with Crippen LogP contribution in [0.2, 0.25) is 0 Å². The summed E-state index contributed by atoms with van der Waals surface area (Å²) in [6.45, 7) is 7.83. The Balaban J connectivity index is 2.02. The maximum absolute atomic E-state index is 14.0. The number of carbonyl (C=O) groups is 1. The van der Waals surface area contributed by atoms with Crippen molar-refractivity contribution < 1.29 is 22.7 Å². The lowest BCUT2D eigenvalue weighted by molar-refractivity contribution is -0.191. The van der Waals surface area contributed by atoms with Crippen LogP contribution in [-0.4, -0.2) is 30.2 Å². The first-order valence-corrected chi connectivity index (χ1v) is 9.29. The highest BCUT2D eigenvalue weighted by Gasteiger charge is 2.51. The number of carbonyl (C=O) groups excluding carboxylic acids is 1. The average molecular weight is 394 g/mol. The second-order valence-electron chi connectivity index (χ2n) is 8.33. The van der Waals surface area contributed by atoms with Gasteiger partial charge in [0, 0.05) is 6.54 Å². The molecule has 0 bridgehead atoms. The van der Waals surface area contributed by atoms with Gasteiger partial charge < -0.3 is 4.74 Å². The van der Waals surface area contributed by atoms with Gasteiger partial charge in [-0.15, -0.1) is 0 Å². The molecular weight excluding hydrogens is 369 g/mol. The summed E-state index contributed by atoms with van der Waals surface area (Å²) >= 11 is 0. The second kappa shape index (κ2) is 7.28. The summed E-state index contributed by atoms with van der Waals surface area (Å²) in [7, 11) is 0. The average Bonchev–Trinajstić information content (AvgIpc) is 2.84. The van der Waals surface area contributed by atoms with Crippen LogP contribution in [0.5, 0.6) is 5.75 Å². The van der Waals surface area contributed by atoms with Crippen LogP contribution in [0.15, 0.2) is 36.4 Å². The number of hydrogen-bond donors (Lipinski definition) is 1. The Kier molecular flexibility index (Phi) is 5.32. The first-order chi connectivity index (χ1) is 13.0. The minimum Gasteiger partial charge on any atom is -0.493 e. The van der Waals surface area contributed by atoms with Crippen molar-refractivity contribution in [2.45, 2.75) is 39.9 Å². The highest BCUT2D eigenvalue weighted by Crippen LogP contribution is 2.43. The minimum atomic E-state index is -4.55. The molecule has 1 atom stereocenters. The number of nitrogens with one attached hydrogen (secondary N) is 1. The van der Waals surface area contributed by atoms with Crippen LogP contribution in [0.4, 0.5) is 13.2 Å². The molecule has 1 aliphatic heterocycles. The molecule has 0 spiro atoms. The number of hydrogen-bond acceptors (Lipinski definition) is 3. The van der Waals surface area contributed by atoms with Gasteiger partial charge in [-0.25, -0.2) is 5.01 Å². The molecule has 152 valence electrons. The molecule has 28 heavy (non-hydrogen) atoms. The molecule has 1 amide bonds. The number of halogens is 3. The first kappa shape index (κ1) is 20.5. The molecule has 4 nitrogen and oxygen atoms in total. The molecule has 0 radical (unpaired) electrons. The van der Waals surface area contributed by atoms with Crippen molar-refractivity contribution in [1.82, 2.24) is 10.4 Å². The van der Waals surface area contributed by atoms with Crippen molar-refractivity contribution >= 4 is 16.7 Å². The summed E-state index contributed by atoms with van der Waals surface area (Å²) in [6, 6.07) is 8.00. The molecule has 1 fully saturated rings. The monoisotopic (exact) mass is 394 g/mol. The van der Waals surface area contributed by atoms with Crippen molar-refractivity contribution in [1.29, 1.82) is 0 Å². The zero-order valence-corrected chi connectivity index (χ0v) is 16.4. The van der Waals surface area contributed by atoms with Gasteiger partial charge in [-0.05, 0) is 48.2 Å². The van der Waals surface area contributed by atoms with E-state index in [1.165, 1.54) is 6.07 Å². The lowest BCUT2D eigenvalue weighted by atomic mass is 9.93. The molecule has 2 aromatic rings. The Labute approximate surface area is 162 Å². The summed E-state index contributed by atoms with van der Waals surface area (Å²) in [5, 5.41) is 2.15. The molecule has 1 heterocycles. The maximum atomic E-state index is 14.0. The topological polar surface area (TPSA) is 41.6 Å². The maximum Gasteiger partial charge on any atom is 0.409 e. The van der Waals surface area contributed by atoms with Gasteiger partial charge in [-0.3, -0.25) is 10.2 Å². The number of fused-ring (bicyclic) bond motifs is 1. The third-order valence-electron chi connectivity index (χ3n) is 4.81. The van der Waals surface area contributed by atoms with Gasteiger partial charge in [0.2, 0.25) is 5.91 Å². The number of benzene rings is 2. The van der Waals surface area contributed by atoms with Crippen LogP contribution < -0.4 is 10.2 Å². The van der Waals surface area contributed by atoms with E-state index in [0.29, 0.717) is 29.0 Å². The van der Waals surface area contributed by atoms with E-state index in [0.717, 1.165) is 5.01 Å². The van der Waals surface area contributed by atoms with Crippen LogP contribution >= 0.6 is 0 Å². The van der Waals surface area contributed by atoms with Crippen LogP contribution in [0.1, 0.15) is 39.3 Å². The van der Waals surface area contributed by atoms with E-state index in [9.17, 15) is 18.0 Å². The highest BCUT2D eigenvalue weighted by atomic mass is 19.4. The molecule has 0 saturated carbocycles. The molecule has 2 aromatic carbocycles. The highest BCUT2D eigenvalue weighted by molar-refractivity contribution is 5.88. The van der Waals surface area contributed by atoms with Crippen LogP contribution in [0.25, 0.3) is 10.8 Å². The summed E-state index contributed by atoms with van der Waals surface area (Å²) < 4.78 is 47.8. The minimum absolute atomic E-state index is 0.0258.